The monoisotopic (exact) mass is 321 g/mol. The number of amides is 1. The molecule has 120 valence electrons. The van der Waals surface area contributed by atoms with E-state index >= 15 is 0 Å². The molecule has 0 atom stereocenters. The predicted molar refractivity (Wildman–Crippen MR) is 87.5 cm³/mol. The first kappa shape index (κ1) is 14.5. The molecule has 7 nitrogen and oxygen atoms in total. The van der Waals surface area contributed by atoms with Gasteiger partial charge in [0.1, 0.15) is 5.52 Å². The molecule has 1 fully saturated rings. The van der Waals surface area contributed by atoms with E-state index in [1.807, 2.05) is 6.07 Å². The molecule has 3 aromatic rings. The molecule has 1 amide bonds. The molecule has 7 heteroatoms. The minimum absolute atomic E-state index is 0.0914. The Bertz CT molecular complexity index is 964. The Balaban J connectivity index is 1.70. The molecule has 1 N–H and O–H groups in total. The van der Waals surface area contributed by atoms with Crippen molar-refractivity contribution in [2.75, 3.05) is 0 Å². The maximum absolute atomic E-state index is 12.7. The Morgan fingerprint density at radius 3 is 2.83 bits per heavy atom. The highest BCUT2D eigenvalue weighted by Crippen LogP contribution is 2.35. The van der Waals surface area contributed by atoms with Crippen LogP contribution in [0.2, 0.25) is 0 Å². The van der Waals surface area contributed by atoms with Crippen molar-refractivity contribution in [1.29, 1.82) is 0 Å². The highest BCUT2D eigenvalue weighted by Gasteiger charge is 2.29. The van der Waals surface area contributed by atoms with Gasteiger partial charge in [-0.25, -0.2) is 9.97 Å². The number of rotatable bonds is 4. The summed E-state index contributed by atoms with van der Waals surface area (Å²) < 4.78 is 1.60. The van der Waals surface area contributed by atoms with Crippen LogP contribution < -0.4 is 10.9 Å². The second-order valence-electron chi connectivity index (χ2n) is 5.76. The summed E-state index contributed by atoms with van der Waals surface area (Å²) in [6.07, 6.45) is 6.81. The predicted octanol–water partition coefficient (Wildman–Crippen LogP) is 1.45. The van der Waals surface area contributed by atoms with Crippen LogP contribution in [0.1, 0.15) is 34.9 Å². The van der Waals surface area contributed by atoms with E-state index in [2.05, 4.69) is 20.3 Å². The van der Waals surface area contributed by atoms with Crippen molar-refractivity contribution < 1.29 is 4.79 Å². The van der Waals surface area contributed by atoms with Gasteiger partial charge < -0.3 is 5.32 Å². The molecule has 3 heterocycles. The number of hydrogen-bond donors (Lipinski definition) is 1. The van der Waals surface area contributed by atoms with E-state index in [1.54, 1.807) is 41.4 Å². The summed E-state index contributed by atoms with van der Waals surface area (Å²) in [5.74, 6) is -0.482. The molecule has 0 radical (unpaired) electrons. The van der Waals surface area contributed by atoms with Gasteiger partial charge in [0.2, 0.25) is 0 Å². The van der Waals surface area contributed by atoms with Gasteiger partial charge in [0.15, 0.2) is 11.3 Å². The number of carbonyl (C=O) groups is 1. The second-order valence-corrected chi connectivity index (χ2v) is 5.76. The smallest absolute Gasteiger partial charge is 0.284 e. The Kier molecular flexibility index (Phi) is 3.53. The van der Waals surface area contributed by atoms with E-state index in [0.717, 1.165) is 18.4 Å². The fraction of sp³-hybridized carbons (Fsp3) is 0.235. The summed E-state index contributed by atoms with van der Waals surface area (Å²) in [6.45, 7) is 0.294. The van der Waals surface area contributed by atoms with Gasteiger partial charge in [-0.05, 0) is 36.6 Å². The molecule has 0 aromatic carbocycles. The van der Waals surface area contributed by atoms with Crippen LogP contribution in [-0.2, 0) is 6.54 Å². The fourth-order valence-electron chi connectivity index (χ4n) is 2.63. The minimum atomic E-state index is -0.482. The number of pyridine rings is 2. The molecule has 0 aliphatic heterocycles. The van der Waals surface area contributed by atoms with Crippen molar-refractivity contribution in [1.82, 2.24) is 24.8 Å². The van der Waals surface area contributed by atoms with Crippen LogP contribution in [0.4, 0.5) is 0 Å². The number of nitrogens with zero attached hydrogens (tertiary/aromatic N) is 4. The summed E-state index contributed by atoms with van der Waals surface area (Å²) in [6, 6.07) is 7.27. The number of hydrogen-bond acceptors (Lipinski definition) is 5. The van der Waals surface area contributed by atoms with Gasteiger partial charge in [0.25, 0.3) is 11.5 Å². The molecule has 3 aromatic heterocycles. The largest absolute Gasteiger partial charge is 0.346 e. The van der Waals surface area contributed by atoms with Crippen molar-refractivity contribution in [3.05, 3.63) is 64.5 Å². The Hall–Kier alpha value is -3.09. The van der Waals surface area contributed by atoms with Gasteiger partial charge in [-0.15, -0.1) is 0 Å². The Labute approximate surface area is 137 Å². The average Bonchev–Trinajstić information content (AvgIpc) is 3.45. The van der Waals surface area contributed by atoms with Crippen molar-refractivity contribution in [3.8, 4) is 0 Å². The summed E-state index contributed by atoms with van der Waals surface area (Å²) in [5.41, 5.74) is 1.47. The average molecular weight is 321 g/mol. The van der Waals surface area contributed by atoms with Gasteiger partial charge in [-0.1, -0.05) is 6.07 Å². The number of carbonyl (C=O) groups excluding carboxylic acids is 1. The summed E-state index contributed by atoms with van der Waals surface area (Å²) in [5, 5.41) is 2.73. The highest BCUT2D eigenvalue weighted by atomic mass is 16.2. The minimum Gasteiger partial charge on any atom is -0.346 e. The SMILES string of the molecule is O=C(NCc1cccnc1)c1nc2cccnc2n(C2CC2)c1=O. The van der Waals surface area contributed by atoms with E-state index in [-0.39, 0.29) is 17.3 Å². The van der Waals surface area contributed by atoms with Crippen LogP contribution in [0.5, 0.6) is 0 Å². The molecule has 0 unspecified atom stereocenters. The molecule has 1 saturated carbocycles. The maximum atomic E-state index is 12.7. The van der Waals surface area contributed by atoms with Crippen molar-refractivity contribution in [2.24, 2.45) is 0 Å². The lowest BCUT2D eigenvalue weighted by atomic mass is 10.3. The molecular weight excluding hydrogens is 306 g/mol. The van der Waals surface area contributed by atoms with Crippen molar-refractivity contribution in [2.45, 2.75) is 25.4 Å². The van der Waals surface area contributed by atoms with E-state index in [9.17, 15) is 9.59 Å². The third kappa shape index (κ3) is 2.64. The van der Waals surface area contributed by atoms with Crippen molar-refractivity contribution in [3.63, 3.8) is 0 Å². The van der Waals surface area contributed by atoms with Gasteiger partial charge in [0.05, 0.1) is 0 Å². The van der Waals surface area contributed by atoms with Crippen LogP contribution in [0.15, 0.2) is 47.7 Å². The van der Waals surface area contributed by atoms with Crippen LogP contribution in [-0.4, -0.2) is 25.4 Å². The van der Waals surface area contributed by atoms with Crippen LogP contribution >= 0.6 is 0 Å². The molecule has 24 heavy (non-hydrogen) atoms. The highest BCUT2D eigenvalue weighted by molar-refractivity contribution is 5.93. The van der Waals surface area contributed by atoms with Gasteiger partial charge in [0, 0.05) is 31.2 Å². The summed E-state index contributed by atoms with van der Waals surface area (Å²) in [7, 11) is 0. The molecule has 0 bridgehead atoms. The molecule has 0 spiro atoms. The zero-order chi connectivity index (χ0) is 16.5. The summed E-state index contributed by atoms with van der Waals surface area (Å²) in [4.78, 5) is 37.6. The molecule has 1 aliphatic carbocycles. The number of aromatic nitrogens is 4. The van der Waals surface area contributed by atoms with Crippen LogP contribution in [0.25, 0.3) is 11.2 Å². The zero-order valence-electron chi connectivity index (χ0n) is 12.8. The van der Waals surface area contributed by atoms with Gasteiger partial charge in [-0.2, -0.15) is 0 Å². The third-order valence-electron chi connectivity index (χ3n) is 3.95. The molecular formula is C17H15N5O2. The quantitative estimate of drug-likeness (QED) is 0.785. The summed E-state index contributed by atoms with van der Waals surface area (Å²) >= 11 is 0. The van der Waals surface area contributed by atoms with E-state index in [4.69, 9.17) is 0 Å². The molecule has 0 saturated heterocycles. The first-order chi connectivity index (χ1) is 11.7. The first-order valence-corrected chi connectivity index (χ1v) is 7.78. The zero-order valence-corrected chi connectivity index (χ0v) is 12.8. The normalized spacial score (nSPS) is 13.8. The van der Waals surface area contributed by atoms with Gasteiger partial charge in [-0.3, -0.25) is 19.1 Å². The van der Waals surface area contributed by atoms with E-state index in [0.29, 0.717) is 17.7 Å². The Morgan fingerprint density at radius 1 is 1.25 bits per heavy atom. The lowest BCUT2D eigenvalue weighted by molar-refractivity contribution is 0.0944. The topological polar surface area (TPSA) is 89.8 Å². The van der Waals surface area contributed by atoms with Crippen LogP contribution in [0, 0.1) is 0 Å². The molecule has 4 rings (SSSR count). The number of fused-ring (bicyclic) bond motifs is 1. The fourth-order valence-corrected chi connectivity index (χ4v) is 2.63. The van der Waals surface area contributed by atoms with E-state index in [1.165, 1.54) is 0 Å². The Morgan fingerprint density at radius 2 is 2.08 bits per heavy atom. The standard InChI is InChI=1S/C17H15N5O2/c23-16(20-10-11-3-1-7-18-9-11)14-17(24)22(12-5-6-12)15-13(21-14)4-2-8-19-15/h1-4,7-9,12H,5-6,10H2,(H,20,23). The van der Waals surface area contributed by atoms with Gasteiger partial charge >= 0.3 is 0 Å². The molecule has 1 aliphatic rings. The number of nitrogens with one attached hydrogen (secondary N) is 1. The van der Waals surface area contributed by atoms with Crippen LogP contribution in [0.3, 0.4) is 0 Å². The second kappa shape index (κ2) is 5.84. The van der Waals surface area contributed by atoms with E-state index < -0.39 is 5.91 Å². The third-order valence-corrected chi connectivity index (χ3v) is 3.95. The lowest BCUT2D eigenvalue weighted by Gasteiger charge is -2.10. The lowest BCUT2D eigenvalue weighted by Crippen LogP contribution is -2.34. The first-order valence-electron chi connectivity index (χ1n) is 7.78. The van der Waals surface area contributed by atoms with Crippen molar-refractivity contribution >= 4 is 17.1 Å². The maximum Gasteiger partial charge on any atom is 0.284 e.